The Kier molecular flexibility index (Phi) is 4.44. The number of hydrogen-bond donors (Lipinski definition) is 1. The lowest BCUT2D eigenvalue weighted by Crippen LogP contribution is -2.42. The van der Waals surface area contributed by atoms with Crippen molar-refractivity contribution in [1.29, 1.82) is 0 Å². The zero-order valence-corrected chi connectivity index (χ0v) is 10.3. The van der Waals surface area contributed by atoms with Gasteiger partial charge in [0.05, 0.1) is 0 Å². The van der Waals surface area contributed by atoms with Crippen LogP contribution in [0.2, 0.25) is 0 Å². The van der Waals surface area contributed by atoms with Crippen LogP contribution < -0.4 is 5.73 Å². The molecule has 1 rings (SSSR count). The normalized spacial score (nSPS) is 12.1. The first-order valence-electron chi connectivity index (χ1n) is 5.61. The second-order valence-corrected chi connectivity index (χ2v) is 4.83. The third-order valence-corrected chi connectivity index (χ3v) is 3.12. The van der Waals surface area contributed by atoms with E-state index in [1.165, 1.54) is 12.1 Å². The lowest BCUT2D eigenvalue weighted by Gasteiger charge is -2.35. The third kappa shape index (κ3) is 3.58. The second kappa shape index (κ2) is 5.41. The predicted octanol–water partition coefficient (Wildman–Crippen LogP) is 2.38. The van der Waals surface area contributed by atoms with Crippen molar-refractivity contribution < 1.29 is 4.39 Å². The first-order valence-corrected chi connectivity index (χ1v) is 5.61. The predicted molar refractivity (Wildman–Crippen MR) is 65.6 cm³/mol. The Hall–Kier alpha value is -0.930. The zero-order chi connectivity index (χ0) is 12.2. The highest BCUT2D eigenvalue weighted by atomic mass is 19.1. The fourth-order valence-corrected chi connectivity index (χ4v) is 1.62. The molecule has 0 spiro atoms. The van der Waals surface area contributed by atoms with Gasteiger partial charge in [-0.3, -0.25) is 4.90 Å². The molecule has 16 heavy (non-hydrogen) atoms. The van der Waals surface area contributed by atoms with Crippen LogP contribution in [0.15, 0.2) is 24.3 Å². The van der Waals surface area contributed by atoms with Gasteiger partial charge < -0.3 is 5.73 Å². The Balaban J connectivity index is 2.63. The molecule has 0 aromatic heterocycles. The fraction of sp³-hybridized carbons (Fsp3) is 0.538. The van der Waals surface area contributed by atoms with Crippen molar-refractivity contribution in [2.45, 2.75) is 32.4 Å². The smallest absolute Gasteiger partial charge is 0.123 e. The quantitative estimate of drug-likeness (QED) is 0.832. The van der Waals surface area contributed by atoms with E-state index in [2.05, 4.69) is 25.8 Å². The van der Waals surface area contributed by atoms with Crippen LogP contribution in [0.4, 0.5) is 4.39 Å². The summed E-state index contributed by atoms with van der Waals surface area (Å²) in [5, 5.41) is 0. The maximum atomic E-state index is 12.7. The molecule has 0 saturated heterocycles. The lowest BCUT2D eigenvalue weighted by atomic mass is 9.98. The van der Waals surface area contributed by atoms with Crippen LogP contribution in [0.25, 0.3) is 0 Å². The molecule has 1 aromatic rings. The maximum Gasteiger partial charge on any atom is 0.123 e. The highest BCUT2D eigenvalue weighted by molar-refractivity contribution is 5.16. The fourth-order valence-electron chi connectivity index (χ4n) is 1.62. The van der Waals surface area contributed by atoms with Crippen LogP contribution in [0, 0.1) is 5.82 Å². The number of nitrogens with zero attached hydrogens (tertiary/aromatic N) is 1. The summed E-state index contributed by atoms with van der Waals surface area (Å²) in [5.74, 6) is -0.187. The van der Waals surface area contributed by atoms with E-state index >= 15 is 0 Å². The molecule has 0 amide bonds. The SMILES string of the molecule is CN(Cc1ccc(F)cc1)C(C)(C)CCN. The Morgan fingerprint density at radius 1 is 1.25 bits per heavy atom. The monoisotopic (exact) mass is 224 g/mol. The topological polar surface area (TPSA) is 29.3 Å². The van der Waals surface area contributed by atoms with Gasteiger partial charge in [0, 0.05) is 12.1 Å². The van der Waals surface area contributed by atoms with Gasteiger partial charge in [-0.05, 0) is 51.6 Å². The molecule has 0 bridgehead atoms. The molecule has 0 atom stereocenters. The minimum absolute atomic E-state index is 0.0726. The first kappa shape index (κ1) is 13.1. The molecule has 0 radical (unpaired) electrons. The van der Waals surface area contributed by atoms with Crippen LogP contribution in [0.5, 0.6) is 0 Å². The minimum atomic E-state index is -0.187. The van der Waals surface area contributed by atoms with Gasteiger partial charge in [-0.15, -0.1) is 0 Å². The number of halogens is 1. The average Bonchev–Trinajstić information content (AvgIpc) is 2.21. The van der Waals surface area contributed by atoms with E-state index in [0.717, 1.165) is 18.5 Å². The Morgan fingerprint density at radius 2 is 1.81 bits per heavy atom. The van der Waals surface area contributed by atoms with Gasteiger partial charge in [0.2, 0.25) is 0 Å². The van der Waals surface area contributed by atoms with Crippen LogP contribution in [-0.4, -0.2) is 24.0 Å². The van der Waals surface area contributed by atoms with Crippen molar-refractivity contribution in [2.24, 2.45) is 5.73 Å². The summed E-state index contributed by atoms with van der Waals surface area (Å²) in [6, 6.07) is 6.65. The second-order valence-electron chi connectivity index (χ2n) is 4.83. The van der Waals surface area contributed by atoms with Crippen molar-refractivity contribution in [3.8, 4) is 0 Å². The van der Waals surface area contributed by atoms with Crippen molar-refractivity contribution in [3.63, 3.8) is 0 Å². The van der Waals surface area contributed by atoms with E-state index in [9.17, 15) is 4.39 Å². The molecule has 0 unspecified atom stereocenters. The lowest BCUT2D eigenvalue weighted by molar-refractivity contribution is 0.140. The molecule has 2 nitrogen and oxygen atoms in total. The van der Waals surface area contributed by atoms with Crippen molar-refractivity contribution in [2.75, 3.05) is 13.6 Å². The number of rotatable bonds is 5. The molecule has 0 saturated carbocycles. The summed E-state index contributed by atoms with van der Waals surface area (Å²) >= 11 is 0. The summed E-state index contributed by atoms with van der Waals surface area (Å²) in [4.78, 5) is 2.24. The van der Waals surface area contributed by atoms with Gasteiger partial charge in [0.25, 0.3) is 0 Å². The van der Waals surface area contributed by atoms with E-state index in [4.69, 9.17) is 5.73 Å². The zero-order valence-electron chi connectivity index (χ0n) is 10.3. The first-order chi connectivity index (χ1) is 7.45. The molecule has 2 N–H and O–H groups in total. The van der Waals surface area contributed by atoms with Crippen LogP contribution in [-0.2, 0) is 6.54 Å². The average molecular weight is 224 g/mol. The van der Waals surface area contributed by atoms with Gasteiger partial charge in [-0.2, -0.15) is 0 Å². The largest absolute Gasteiger partial charge is 0.330 e. The Bertz CT molecular complexity index is 319. The van der Waals surface area contributed by atoms with Gasteiger partial charge in [-0.1, -0.05) is 12.1 Å². The molecule has 0 heterocycles. The molecule has 0 fully saturated rings. The molecule has 90 valence electrons. The highest BCUT2D eigenvalue weighted by Gasteiger charge is 2.22. The van der Waals surface area contributed by atoms with Gasteiger partial charge in [0.1, 0.15) is 5.82 Å². The highest BCUT2D eigenvalue weighted by Crippen LogP contribution is 2.19. The van der Waals surface area contributed by atoms with Crippen molar-refractivity contribution in [1.82, 2.24) is 4.90 Å². The van der Waals surface area contributed by atoms with Gasteiger partial charge >= 0.3 is 0 Å². The summed E-state index contributed by atoms with van der Waals surface area (Å²) in [6.07, 6.45) is 0.949. The van der Waals surface area contributed by atoms with Crippen molar-refractivity contribution in [3.05, 3.63) is 35.6 Å². The summed E-state index contributed by atoms with van der Waals surface area (Å²) in [7, 11) is 2.07. The summed E-state index contributed by atoms with van der Waals surface area (Å²) < 4.78 is 12.7. The van der Waals surface area contributed by atoms with Crippen LogP contribution in [0.1, 0.15) is 25.8 Å². The molecule has 0 aliphatic carbocycles. The molecule has 0 aliphatic heterocycles. The van der Waals surface area contributed by atoms with E-state index in [0.29, 0.717) is 6.54 Å². The van der Waals surface area contributed by atoms with E-state index < -0.39 is 0 Å². The van der Waals surface area contributed by atoms with Gasteiger partial charge in [0.15, 0.2) is 0 Å². The van der Waals surface area contributed by atoms with E-state index in [-0.39, 0.29) is 11.4 Å². The third-order valence-electron chi connectivity index (χ3n) is 3.12. The van der Waals surface area contributed by atoms with E-state index in [1.54, 1.807) is 0 Å². The summed E-state index contributed by atoms with van der Waals surface area (Å²) in [5.41, 5.74) is 6.78. The molecular formula is C13H21FN2. The molecule has 0 aliphatic rings. The van der Waals surface area contributed by atoms with Crippen molar-refractivity contribution >= 4 is 0 Å². The van der Waals surface area contributed by atoms with Crippen LogP contribution >= 0.6 is 0 Å². The van der Waals surface area contributed by atoms with Gasteiger partial charge in [-0.25, -0.2) is 4.39 Å². The summed E-state index contributed by atoms with van der Waals surface area (Å²) in [6.45, 7) is 5.83. The Labute approximate surface area is 97.3 Å². The Morgan fingerprint density at radius 3 is 2.31 bits per heavy atom. The number of hydrogen-bond acceptors (Lipinski definition) is 2. The molecule has 3 heteroatoms. The standard InChI is InChI=1S/C13H21FN2/c1-13(2,8-9-15)16(3)10-11-4-6-12(14)7-5-11/h4-7H,8-10,15H2,1-3H3. The van der Waals surface area contributed by atoms with E-state index in [1.807, 2.05) is 12.1 Å². The number of benzene rings is 1. The van der Waals surface area contributed by atoms with Crippen LogP contribution in [0.3, 0.4) is 0 Å². The molecule has 1 aromatic carbocycles. The number of nitrogens with two attached hydrogens (primary N) is 1. The molecular weight excluding hydrogens is 203 g/mol. The maximum absolute atomic E-state index is 12.7. The minimum Gasteiger partial charge on any atom is -0.330 e.